The van der Waals surface area contributed by atoms with Crippen molar-refractivity contribution >= 4 is 0 Å². The average Bonchev–Trinajstić information content (AvgIpc) is 2.70. The van der Waals surface area contributed by atoms with E-state index < -0.39 is 0 Å². The molecule has 0 bridgehead atoms. The second-order valence-corrected chi connectivity index (χ2v) is 2.95. The van der Waals surface area contributed by atoms with Gasteiger partial charge in [-0.15, -0.1) is 0 Å². The molecule has 0 aromatic heterocycles. The molecule has 0 saturated carbocycles. The highest BCUT2D eigenvalue weighted by Crippen LogP contribution is 2.07. The molecule has 66 valence electrons. The molecule has 1 aliphatic rings. The molecule has 0 aromatic carbocycles. The van der Waals surface area contributed by atoms with Crippen LogP contribution in [0, 0.1) is 0 Å². The lowest BCUT2D eigenvalue weighted by Crippen LogP contribution is -2.11. The standard InChI is InChI=1S/C8H16O3/c1-7(2)10-4-3-9-5-8-6-11-8/h7-8H,3-6H2,1-2H3. The van der Waals surface area contributed by atoms with Crippen LogP contribution in [0.15, 0.2) is 0 Å². The van der Waals surface area contributed by atoms with E-state index in [9.17, 15) is 0 Å². The van der Waals surface area contributed by atoms with E-state index >= 15 is 0 Å². The first-order chi connectivity index (χ1) is 5.29. The van der Waals surface area contributed by atoms with E-state index in [2.05, 4.69) is 0 Å². The molecule has 1 aliphatic heterocycles. The second-order valence-electron chi connectivity index (χ2n) is 2.95. The highest BCUT2D eigenvalue weighted by atomic mass is 16.6. The van der Waals surface area contributed by atoms with Gasteiger partial charge >= 0.3 is 0 Å². The molecule has 0 radical (unpaired) electrons. The van der Waals surface area contributed by atoms with Gasteiger partial charge in [0.25, 0.3) is 0 Å². The summed E-state index contributed by atoms with van der Waals surface area (Å²) in [6.07, 6.45) is 0.671. The summed E-state index contributed by atoms with van der Waals surface area (Å²) in [5, 5.41) is 0. The molecule has 3 nitrogen and oxygen atoms in total. The number of ether oxygens (including phenoxy) is 3. The maximum atomic E-state index is 5.28. The minimum atomic E-state index is 0.302. The summed E-state index contributed by atoms with van der Waals surface area (Å²) in [6.45, 7) is 6.99. The van der Waals surface area contributed by atoms with Crippen LogP contribution in [0.5, 0.6) is 0 Å². The molecule has 3 heteroatoms. The smallest absolute Gasteiger partial charge is 0.104 e. The molecule has 0 aliphatic carbocycles. The summed E-state index contributed by atoms with van der Waals surface area (Å²) in [4.78, 5) is 0. The van der Waals surface area contributed by atoms with Crippen molar-refractivity contribution in [1.29, 1.82) is 0 Å². The van der Waals surface area contributed by atoms with Gasteiger partial charge in [0.1, 0.15) is 6.10 Å². The lowest BCUT2D eigenvalue weighted by Gasteiger charge is -2.06. The Morgan fingerprint density at radius 1 is 1.45 bits per heavy atom. The van der Waals surface area contributed by atoms with Crippen LogP contribution in [0.2, 0.25) is 0 Å². The van der Waals surface area contributed by atoms with E-state index in [0.29, 0.717) is 25.4 Å². The van der Waals surface area contributed by atoms with E-state index in [1.54, 1.807) is 0 Å². The predicted molar refractivity (Wildman–Crippen MR) is 41.6 cm³/mol. The van der Waals surface area contributed by atoms with Gasteiger partial charge in [0.05, 0.1) is 32.5 Å². The maximum absolute atomic E-state index is 5.28. The predicted octanol–water partition coefficient (Wildman–Crippen LogP) is 0.827. The summed E-state index contributed by atoms with van der Waals surface area (Å²) in [6, 6.07) is 0. The number of epoxide rings is 1. The number of hydrogen-bond donors (Lipinski definition) is 0. The summed E-state index contributed by atoms with van der Waals surface area (Å²) in [5.41, 5.74) is 0. The zero-order valence-electron chi connectivity index (χ0n) is 7.21. The molecule has 1 saturated heterocycles. The molecule has 1 unspecified atom stereocenters. The first-order valence-electron chi connectivity index (χ1n) is 4.10. The molecule has 11 heavy (non-hydrogen) atoms. The first kappa shape index (κ1) is 8.97. The van der Waals surface area contributed by atoms with Gasteiger partial charge in [0.2, 0.25) is 0 Å². The fraction of sp³-hybridized carbons (Fsp3) is 1.00. The van der Waals surface area contributed by atoms with E-state index in [1.807, 2.05) is 13.8 Å². The maximum Gasteiger partial charge on any atom is 0.104 e. The monoisotopic (exact) mass is 160 g/mol. The highest BCUT2D eigenvalue weighted by Gasteiger charge is 2.21. The average molecular weight is 160 g/mol. The zero-order chi connectivity index (χ0) is 8.10. The van der Waals surface area contributed by atoms with E-state index in [1.165, 1.54) is 0 Å². The lowest BCUT2D eigenvalue weighted by molar-refractivity contribution is 0.0158. The van der Waals surface area contributed by atoms with Gasteiger partial charge in [0.15, 0.2) is 0 Å². The van der Waals surface area contributed by atoms with Gasteiger partial charge in [-0.2, -0.15) is 0 Å². The summed E-state index contributed by atoms with van der Waals surface area (Å²) < 4.78 is 15.5. The van der Waals surface area contributed by atoms with Gasteiger partial charge < -0.3 is 14.2 Å². The van der Waals surface area contributed by atoms with Gasteiger partial charge in [0, 0.05) is 0 Å². The van der Waals surface area contributed by atoms with Crippen LogP contribution >= 0.6 is 0 Å². The lowest BCUT2D eigenvalue weighted by atomic mass is 10.5. The first-order valence-corrected chi connectivity index (χ1v) is 4.10. The molecule has 0 amide bonds. The van der Waals surface area contributed by atoms with Crippen molar-refractivity contribution in [2.24, 2.45) is 0 Å². The minimum absolute atomic E-state index is 0.302. The Labute approximate surface area is 67.6 Å². The molecule has 0 aromatic rings. The Morgan fingerprint density at radius 2 is 2.18 bits per heavy atom. The Hall–Kier alpha value is -0.120. The number of hydrogen-bond acceptors (Lipinski definition) is 3. The summed E-state index contributed by atoms with van der Waals surface area (Å²) >= 11 is 0. The Balaban J connectivity index is 1.73. The van der Waals surface area contributed by atoms with E-state index in [-0.39, 0.29) is 0 Å². The third kappa shape index (κ3) is 5.18. The quantitative estimate of drug-likeness (QED) is 0.426. The van der Waals surface area contributed by atoms with Crippen molar-refractivity contribution in [3.8, 4) is 0 Å². The van der Waals surface area contributed by atoms with Crippen LogP contribution in [0.3, 0.4) is 0 Å². The molecular weight excluding hydrogens is 144 g/mol. The summed E-state index contributed by atoms with van der Waals surface area (Å²) in [7, 11) is 0. The second kappa shape index (κ2) is 4.70. The normalized spacial score (nSPS) is 22.6. The van der Waals surface area contributed by atoms with Crippen molar-refractivity contribution in [1.82, 2.24) is 0 Å². The van der Waals surface area contributed by atoms with Gasteiger partial charge in [-0.25, -0.2) is 0 Å². The molecule has 1 atom stereocenters. The highest BCUT2D eigenvalue weighted by molar-refractivity contribution is 4.66. The van der Waals surface area contributed by atoms with Crippen molar-refractivity contribution < 1.29 is 14.2 Å². The number of rotatable bonds is 6. The molecule has 1 heterocycles. The molecule has 0 N–H and O–H groups in total. The fourth-order valence-corrected chi connectivity index (χ4v) is 0.722. The van der Waals surface area contributed by atoms with Crippen LogP contribution in [0.25, 0.3) is 0 Å². The minimum Gasteiger partial charge on any atom is -0.376 e. The van der Waals surface area contributed by atoms with Crippen LogP contribution in [0.1, 0.15) is 13.8 Å². The van der Waals surface area contributed by atoms with Crippen LogP contribution in [-0.4, -0.2) is 38.6 Å². The van der Waals surface area contributed by atoms with Crippen molar-refractivity contribution in [3.63, 3.8) is 0 Å². The van der Waals surface area contributed by atoms with E-state index in [4.69, 9.17) is 14.2 Å². The fourth-order valence-electron chi connectivity index (χ4n) is 0.722. The van der Waals surface area contributed by atoms with Crippen molar-refractivity contribution in [2.75, 3.05) is 26.4 Å². The van der Waals surface area contributed by atoms with Gasteiger partial charge in [-0.1, -0.05) is 0 Å². The molecular formula is C8H16O3. The SMILES string of the molecule is CC(C)OCCOCC1CO1. The van der Waals surface area contributed by atoms with Crippen molar-refractivity contribution in [3.05, 3.63) is 0 Å². The van der Waals surface area contributed by atoms with Crippen molar-refractivity contribution in [2.45, 2.75) is 26.1 Å². The molecule has 1 fully saturated rings. The summed E-state index contributed by atoms with van der Waals surface area (Å²) in [5.74, 6) is 0. The van der Waals surface area contributed by atoms with Gasteiger partial charge in [-0.3, -0.25) is 0 Å². The Kier molecular flexibility index (Phi) is 3.83. The third-order valence-corrected chi connectivity index (χ3v) is 1.38. The topological polar surface area (TPSA) is 31.0 Å². The van der Waals surface area contributed by atoms with Gasteiger partial charge in [-0.05, 0) is 13.8 Å². The van der Waals surface area contributed by atoms with Crippen LogP contribution < -0.4 is 0 Å². The third-order valence-electron chi connectivity index (χ3n) is 1.38. The molecule has 0 spiro atoms. The van der Waals surface area contributed by atoms with E-state index in [0.717, 1.165) is 13.2 Å². The van der Waals surface area contributed by atoms with Crippen LogP contribution in [0.4, 0.5) is 0 Å². The zero-order valence-corrected chi connectivity index (χ0v) is 7.21. The molecule has 1 rings (SSSR count). The Bertz CT molecular complexity index is 95.5. The Morgan fingerprint density at radius 3 is 2.73 bits per heavy atom. The van der Waals surface area contributed by atoms with Crippen LogP contribution in [-0.2, 0) is 14.2 Å². The largest absolute Gasteiger partial charge is 0.376 e.